The van der Waals surface area contributed by atoms with Crippen molar-refractivity contribution in [3.63, 3.8) is 0 Å². The molecule has 0 bridgehead atoms. The molecular weight excluding hydrogens is 162 g/mol. The van der Waals surface area contributed by atoms with Crippen LogP contribution in [0.2, 0.25) is 0 Å². The summed E-state index contributed by atoms with van der Waals surface area (Å²) in [5, 5.41) is 0. The van der Waals surface area contributed by atoms with E-state index in [1.165, 1.54) is 0 Å². The zero-order valence-electron chi connectivity index (χ0n) is 5.20. The molecule has 0 aliphatic heterocycles. The molecule has 0 radical (unpaired) electrons. The second kappa shape index (κ2) is 4.35. The van der Waals surface area contributed by atoms with E-state index in [0.29, 0.717) is 6.42 Å². The Morgan fingerprint density at radius 2 is 2.11 bits per heavy atom. The molecule has 9 heavy (non-hydrogen) atoms. The molecule has 0 aliphatic carbocycles. The Labute approximate surface area is 58.6 Å². The van der Waals surface area contributed by atoms with Gasteiger partial charge in [-0.15, -0.1) is 0 Å². The molecule has 56 valence electrons. The third kappa shape index (κ3) is 4.98. The molecule has 0 saturated heterocycles. The molecule has 0 amide bonds. The van der Waals surface area contributed by atoms with Gasteiger partial charge in [0.2, 0.25) is 0 Å². The Morgan fingerprint density at radius 3 is 2.44 bits per heavy atom. The Morgan fingerprint density at radius 1 is 1.56 bits per heavy atom. The average Bonchev–Trinajstić information content (AvgIpc) is 1.84. The van der Waals surface area contributed by atoms with E-state index in [1.807, 2.05) is 6.92 Å². The van der Waals surface area contributed by atoms with Gasteiger partial charge in [0.15, 0.2) is 0 Å². The van der Waals surface area contributed by atoms with Gasteiger partial charge in [-0.05, 0) is 0 Å². The van der Waals surface area contributed by atoms with Crippen LogP contribution < -0.4 is 5.90 Å². The van der Waals surface area contributed by atoms with Gasteiger partial charge < -0.3 is 0 Å². The molecule has 0 aliphatic rings. The second-order valence-electron chi connectivity index (χ2n) is 1.51. The van der Waals surface area contributed by atoms with Gasteiger partial charge in [0.1, 0.15) is 0 Å². The van der Waals surface area contributed by atoms with E-state index in [1.54, 1.807) is 0 Å². The standard InChI is InChI=1S/C3H7O.H2NO.2H2O.Ti/c1-2-3-4;1-2;;;/h2-3H2,1H3;1H2;2*1H2;/q2*-1;;;+4/p-2. The van der Waals surface area contributed by atoms with Crippen LogP contribution in [0.15, 0.2) is 0 Å². The first-order valence-electron chi connectivity index (χ1n) is 2.59. The van der Waals surface area contributed by atoms with Crippen LogP contribution in [-0.4, -0.2) is 14.0 Å². The van der Waals surface area contributed by atoms with Crippen molar-refractivity contribution in [2.75, 3.05) is 6.61 Å². The van der Waals surface area contributed by atoms with E-state index in [4.69, 9.17) is 7.38 Å². The Hall–Kier alpha value is 0.514. The maximum absolute atomic E-state index is 8.63. The van der Waals surface area contributed by atoms with Gasteiger partial charge in [-0.3, -0.25) is 0 Å². The van der Waals surface area contributed by atoms with Crippen molar-refractivity contribution in [2.24, 2.45) is 5.90 Å². The van der Waals surface area contributed by atoms with Crippen LogP contribution in [0.25, 0.3) is 0 Å². The Kier molecular flexibility index (Phi) is 4.60. The van der Waals surface area contributed by atoms with Gasteiger partial charge in [0.25, 0.3) is 0 Å². The van der Waals surface area contributed by atoms with E-state index in [9.17, 15) is 0 Å². The Bertz CT molecular complexity index is 78.2. The van der Waals surface area contributed by atoms with Crippen LogP contribution in [0.1, 0.15) is 13.3 Å². The van der Waals surface area contributed by atoms with Gasteiger partial charge >= 0.3 is 58.1 Å². The summed E-state index contributed by atoms with van der Waals surface area (Å²) in [4.78, 5) is 0. The monoisotopic (exact) mass is 173 g/mol. The minimum atomic E-state index is -4.37. The molecular formula is C3H11NO4Ti. The summed E-state index contributed by atoms with van der Waals surface area (Å²) in [6.45, 7) is 2.11. The van der Waals surface area contributed by atoms with Crippen molar-refractivity contribution in [2.45, 2.75) is 13.3 Å². The molecule has 0 aromatic carbocycles. The van der Waals surface area contributed by atoms with Crippen LogP contribution >= 0.6 is 0 Å². The van der Waals surface area contributed by atoms with Crippen molar-refractivity contribution < 1.29 is 32.3 Å². The summed E-state index contributed by atoms with van der Waals surface area (Å²) in [7, 11) is 0. The molecule has 0 spiro atoms. The first-order valence-corrected chi connectivity index (χ1v) is 5.26. The van der Waals surface area contributed by atoms with Crippen LogP contribution in [0.3, 0.4) is 0 Å². The fourth-order valence-electron chi connectivity index (χ4n) is 0.269. The molecule has 0 fully saturated rings. The molecule has 0 heterocycles. The summed E-state index contributed by atoms with van der Waals surface area (Å²) < 4.78 is 25.6. The van der Waals surface area contributed by atoms with Crippen molar-refractivity contribution in [1.29, 1.82) is 0 Å². The van der Waals surface area contributed by atoms with Gasteiger partial charge in [0.05, 0.1) is 0 Å². The van der Waals surface area contributed by atoms with Crippen molar-refractivity contribution in [1.82, 2.24) is 0 Å². The van der Waals surface area contributed by atoms with E-state index >= 15 is 0 Å². The van der Waals surface area contributed by atoms with E-state index in [2.05, 4.69) is 12.6 Å². The zero-order valence-corrected chi connectivity index (χ0v) is 6.76. The minimum absolute atomic E-state index is 0.268. The number of nitrogens with two attached hydrogens (primary N) is 1. The fraction of sp³-hybridized carbons (Fsp3) is 1.00. The first kappa shape index (κ1) is 9.51. The molecule has 5 nitrogen and oxygen atoms in total. The quantitative estimate of drug-likeness (QED) is 0.379. The summed E-state index contributed by atoms with van der Waals surface area (Å²) in [5.74, 6) is 4.51. The SMILES string of the molecule is CCC[O][Ti]([OH])([OH])[O]N. The third-order valence-electron chi connectivity index (χ3n) is 0.648. The summed E-state index contributed by atoms with van der Waals surface area (Å²) in [6.07, 6.45) is 0.706. The van der Waals surface area contributed by atoms with Gasteiger partial charge in [-0.25, -0.2) is 0 Å². The topological polar surface area (TPSA) is 84.9 Å². The summed E-state index contributed by atoms with van der Waals surface area (Å²) >= 11 is -4.37. The molecule has 6 heteroatoms. The molecule has 4 N–H and O–H groups in total. The van der Waals surface area contributed by atoms with Gasteiger partial charge in [0, 0.05) is 0 Å². The second-order valence-corrected chi connectivity index (χ2v) is 4.05. The number of rotatable bonds is 4. The molecule has 0 rings (SSSR count). The van der Waals surface area contributed by atoms with Crippen LogP contribution in [0.5, 0.6) is 0 Å². The molecule has 0 unspecified atom stereocenters. The van der Waals surface area contributed by atoms with E-state index in [0.717, 1.165) is 0 Å². The summed E-state index contributed by atoms with van der Waals surface area (Å²) in [6, 6.07) is 0. The summed E-state index contributed by atoms with van der Waals surface area (Å²) in [5.41, 5.74) is 0. The molecule has 0 atom stereocenters. The van der Waals surface area contributed by atoms with Crippen molar-refractivity contribution in [3.05, 3.63) is 0 Å². The third-order valence-corrected chi connectivity index (χ3v) is 2.03. The average molecular weight is 173 g/mol. The van der Waals surface area contributed by atoms with Crippen molar-refractivity contribution >= 4 is 0 Å². The maximum atomic E-state index is 8.63. The zero-order chi connectivity index (χ0) is 7.33. The van der Waals surface area contributed by atoms with Gasteiger partial charge in [-0.2, -0.15) is 0 Å². The van der Waals surface area contributed by atoms with Crippen LogP contribution in [0.4, 0.5) is 0 Å². The molecule has 0 aromatic rings. The fourth-order valence-corrected chi connectivity index (χ4v) is 1.11. The predicted molar refractivity (Wildman–Crippen MR) is 26.0 cm³/mol. The number of hydrogen-bond acceptors (Lipinski definition) is 5. The normalized spacial score (nSPS) is 12.0. The molecule has 0 aromatic heterocycles. The van der Waals surface area contributed by atoms with Crippen molar-refractivity contribution in [3.8, 4) is 0 Å². The van der Waals surface area contributed by atoms with E-state index < -0.39 is 18.1 Å². The Balaban J connectivity index is 3.33. The van der Waals surface area contributed by atoms with Gasteiger partial charge in [-0.1, -0.05) is 0 Å². The van der Waals surface area contributed by atoms with Crippen LogP contribution in [0, 0.1) is 0 Å². The van der Waals surface area contributed by atoms with E-state index in [-0.39, 0.29) is 6.61 Å². The number of hydrogen-bond donors (Lipinski definition) is 3. The predicted octanol–water partition coefficient (Wildman–Crippen LogP) is -0.898. The van der Waals surface area contributed by atoms with Crippen LogP contribution in [-0.2, 0) is 24.9 Å². The molecule has 0 saturated carbocycles. The first-order chi connectivity index (χ1) is 4.12.